The summed E-state index contributed by atoms with van der Waals surface area (Å²) in [7, 11) is 0. The van der Waals surface area contributed by atoms with Crippen LogP contribution in [0.4, 0.5) is 0 Å². The van der Waals surface area contributed by atoms with E-state index < -0.39 is 18.1 Å². The summed E-state index contributed by atoms with van der Waals surface area (Å²) in [6, 6.07) is -1.45. The normalized spacial score (nSPS) is 14.4. The van der Waals surface area contributed by atoms with Gasteiger partial charge < -0.3 is 16.2 Å². The first-order chi connectivity index (χ1) is 7.88. The van der Waals surface area contributed by atoms with Crippen molar-refractivity contribution in [2.45, 2.75) is 58.5 Å². The number of rotatable bonds is 8. The fourth-order valence-electron chi connectivity index (χ4n) is 1.56. The maximum atomic E-state index is 11.7. The van der Waals surface area contributed by atoms with Crippen LogP contribution in [0.5, 0.6) is 0 Å². The van der Waals surface area contributed by atoms with Crippen LogP contribution in [0.25, 0.3) is 0 Å². The highest BCUT2D eigenvalue weighted by molar-refractivity contribution is 5.86. The molecule has 0 fully saturated rings. The van der Waals surface area contributed by atoms with E-state index in [1.807, 2.05) is 20.8 Å². The molecule has 0 heterocycles. The largest absolute Gasteiger partial charge is 0.480 e. The Bertz CT molecular complexity index is 254. The Morgan fingerprint density at radius 1 is 1.35 bits per heavy atom. The number of amides is 1. The number of carbonyl (C=O) groups excluding carboxylic acids is 1. The Balaban J connectivity index is 4.24. The van der Waals surface area contributed by atoms with Gasteiger partial charge in [-0.25, -0.2) is 4.79 Å². The quantitative estimate of drug-likeness (QED) is 0.596. The minimum Gasteiger partial charge on any atom is -0.480 e. The third kappa shape index (κ3) is 6.94. The molecule has 0 aromatic heterocycles. The first-order valence-electron chi connectivity index (χ1n) is 6.17. The fraction of sp³-hybridized carbons (Fsp3) is 0.833. The van der Waals surface area contributed by atoms with E-state index in [1.165, 1.54) is 0 Å². The molecule has 100 valence electrons. The number of nitrogens with two attached hydrogens (primary N) is 1. The van der Waals surface area contributed by atoms with Crippen molar-refractivity contribution in [3.63, 3.8) is 0 Å². The van der Waals surface area contributed by atoms with Crippen molar-refractivity contribution in [3.05, 3.63) is 0 Å². The monoisotopic (exact) mass is 244 g/mol. The van der Waals surface area contributed by atoms with Gasteiger partial charge in [-0.05, 0) is 18.8 Å². The van der Waals surface area contributed by atoms with E-state index in [1.54, 1.807) is 0 Å². The van der Waals surface area contributed by atoms with Gasteiger partial charge in [0, 0.05) is 0 Å². The second-order valence-corrected chi connectivity index (χ2v) is 4.78. The van der Waals surface area contributed by atoms with E-state index in [0.29, 0.717) is 18.8 Å². The number of carboxylic acids is 1. The van der Waals surface area contributed by atoms with Crippen molar-refractivity contribution in [2.75, 3.05) is 0 Å². The van der Waals surface area contributed by atoms with E-state index in [2.05, 4.69) is 5.32 Å². The molecular formula is C12H24N2O3. The molecule has 1 amide bonds. The second-order valence-electron chi connectivity index (χ2n) is 4.78. The fourth-order valence-corrected chi connectivity index (χ4v) is 1.56. The molecular weight excluding hydrogens is 220 g/mol. The Kier molecular flexibility index (Phi) is 7.54. The summed E-state index contributed by atoms with van der Waals surface area (Å²) in [5, 5.41) is 11.4. The average Bonchev–Trinajstić information content (AvgIpc) is 2.22. The van der Waals surface area contributed by atoms with Crippen LogP contribution in [0.2, 0.25) is 0 Å². The maximum Gasteiger partial charge on any atom is 0.326 e. The van der Waals surface area contributed by atoms with Crippen LogP contribution < -0.4 is 11.1 Å². The van der Waals surface area contributed by atoms with Gasteiger partial charge in [0.25, 0.3) is 0 Å². The van der Waals surface area contributed by atoms with Gasteiger partial charge in [-0.1, -0.05) is 33.6 Å². The molecule has 0 aliphatic rings. The predicted octanol–water partition coefficient (Wildman–Crippen LogP) is 1.12. The highest BCUT2D eigenvalue weighted by Crippen LogP contribution is 2.05. The molecule has 4 N–H and O–H groups in total. The minimum absolute atomic E-state index is 0.315. The summed E-state index contributed by atoms with van der Waals surface area (Å²) in [6.45, 7) is 5.92. The van der Waals surface area contributed by atoms with E-state index in [-0.39, 0.29) is 5.91 Å². The lowest BCUT2D eigenvalue weighted by Gasteiger charge is -2.18. The third-order valence-electron chi connectivity index (χ3n) is 2.52. The second kappa shape index (κ2) is 8.06. The molecule has 2 atom stereocenters. The van der Waals surface area contributed by atoms with Crippen molar-refractivity contribution in [3.8, 4) is 0 Å². The SMILES string of the molecule is CCCC[C@H](NC(=O)[C@H](N)CC(C)C)C(=O)O. The Labute approximate surface area is 103 Å². The number of hydrogen-bond donors (Lipinski definition) is 3. The topological polar surface area (TPSA) is 92.4 Å². The molecule has 5 nitrogen and oxygen atoms in total. The zero-order valence-electron chi connectivity index (χ0n) is 10.9. The average molecular weight is 244 g/mol. The summed E-state index contributed by atoms with van der Waals surface area (Å²) in [6.07, 6.45) is 2.69. The number of aliphatic carboxylic acids is 1. The first kappa shape index (κ1) is 15.9. The standard InChI is InChI=1S/C12H24N2O3/c1-4-5-6-10(12(16)17)14-11(15)9(13)7-8(2)3/h8-10H,4-7,13H2,1-3H3,(H,14,15)(H,16,17)/t9-,10+/m1/s1. The number of carboxylic acid groups (broad SMARTS) is 1. The van der Waals surface area contributed by atoms with Gasteiger partial charge >= 0.3 is 5.97 Å². The molecule has 0 aliphatic carbocycles. The van der Waals surface area contributed by atoms with Crippen molar-refractivity contribution in [2.24, 2.45) is 11.7 Å². The van der Waals surface area contributed by atoms with Crippen molar-refractivity contribution < 1.29 is 14.7 Å². The maximum absolute atomic E-state index is 11.7. The van der Waals surface area contributed by atoms with E-state index in [9.17, 15) is 9.59 Å². The molecule has 0 aromatic rings. The lowest BCUT2D eigenvalue weighted by molar-refractivity contribution is -0.142. The number of hydrogen-bond acceptors (Lipinski definition) is 3. The van der Waals surface area contributed by atoms with Gasteiger partial charge in [0.1, 0.15) is 6.04 Å². The number of unbranched alkanes of at least 4 members (excludes halogenated alkanes) is 1. The lowest BCUT2D eigenvalue weighted by Crippen LogP contribution is -2.48. The van der Waals surface area contributed by atoms with Crippen LogP contribution in [-0.2, 0) is 9.59 Å². The molecule has 0 rings (SSSR count). The smallest absolute Gasteiger partial charge is 0.326 e. The number of nitrogens with one attached hydrogen (secondary N) is 1. The molecule has 17 heavy (non-hydrogen) atoms. The highest BCUT2D eigenvalue weighted by Gasteiger charge is 2.22. The molecule has 0 spiro atoms. The van der Waals surface area contributed by atoms with Gasteiger partial charge in [-0.3, -0.25) is 4.79 Å². The van der Waals surface area contributed by atoms with Crippen LogP contribution in [0.3, 0.4) is 0 Å². The Morgan fingerprint density at radius 2 is 1.94 bits per heavy atom. The van der Waals surface area contributed by atoms with Gasteiger partial charge in [0.2, 0.25) is 5.91 Å². The Hall–Kier alpha value is -1.10. The third-order valence-corrected chi connectivity index (χ3v) is 2.52. The highest BCUT2D eigenvalue weighted by atomic mass is 16.4. The van der Waals surface area contributed by atoms with Gasteiger partial charge in [0.15, 0.2) is 0 Å². The van der Waals surface area contributed by atoms with Crippen LogP contribution in [0.15, 0.2) is 0 Å². The van der Waals surface area contributed by atoms with Crippen molar-refractivity contribution in [1.82, 2.24) is 5.32 Å². The zero-order chi connectivity index (χ0) is 13.4. The molecule has 0 unspecified atom stereocenters. The summed E-state index contributed by atoms with van der Waals surface area (Å²) in [4.78, 5) is 22.6. The molecule has 0 radical (unpaired) electrons. The molecule has 0 saturated carbocycles. The van der Waals surface area contributed by atoms with Crippen LogP contribution >= 0.6 is 0 Å². The Morgan fingerprint density at radius 3 is 2.35 bits per heavy atom. The summed E-state index contributed by atoms with van der Waals surface area (Å²) >= 11 is 0. The summed E-state index contributed by atoms with van der Waals surface area (Å²) in [5.41, 5.74) is 5.69. The van der Waals surface area contributed by atoms with Crippen molar-refractivity contribution >= 4 is 11.9 Å². The number of carbonyl (C=O) groups is 2. The van der Waals surface area contributed by atoms with Crippen LogP contribution in [-0.4, -0.2) is 29.1 Å². The summed E-state index contributed by atoms with van der Waals surface area (Å²) < 4.78 is 0. The molecule has 0 aliphatic heterocycles. The zero-order valence-corrected chi connectivity index (χ0v) is 10.9. The van der Waals surface area contributed by atoms with Gasteiger partial charge in [-0.15, -0.1) is 0 Å². The van der Waals surface area contributed by atoms with Gasteiger partial charge in [0.05, 0.1) is 6.04 Å². The van der Waals surface area contributed by atoms with E-state index >= 15 is 0 Å². The summed E-state index contributed by atoms with van der Waals surface area (Å²) in [5.74, 6) is -1.06. The van der Waals surface area contributed by atoms with E-state index in [4.69, 9.17) is 10.8 Å². The minimum atomic E-state index is -0.997. The molecule has 0 saturated heterocycles. The lowest BCUT2D eigenvalue weighted by atomic mass is 10.0. The molecule has 0 bridgehead atoms. The van der Waals surface area contributed by atoms with Gasteiger partial charge in [-0.2, -0.15) is 0 Å². The van der Waals surface area contributed by atoms with Crippen molar-refractivity contribution in [1.29, 1.82) is 0 Å². The van der Waals surface area contributed by atoms with E-state index in [0.717, 1.165) is 12.8 Å². The first-order valence-corrected chi connectivity index (χ1v) is 6.17. The molecule has 5 heteroatoms. The van der Waals surface area contributed by atoms with Crippen LogP contribution in [0, 0.1) is 5.92 Å². The molecule has 0 aromatic carbocycles. The van der Waals surface area contributed by atoms with Crippen LogP contribution in [0.1, 0.15) is 46.5 Å². The predicted molar refractivity (Wildman–Crippen MR) is 66.5 cm³/mol.